The number of carbonyl (C=O) groups is 3. The maximum absolute atomic E-state index is 12.5. The number of benzene rings is 2. The van der Waals surface area contributed by atoms with E-state index in [4.69, 9.17) is 27.9 Å². The van der Waals surface area contributed by atoms with E-state index in [2.05, 4.69) is 10.6 Å². The number of amides is 2. The molecule has 30 heavy (non-hydrogen) atoms. The summed E-state index contributed by atoms with van der Waals surface area (Å²) in [6, 6.07) is 10.5. The van der Waals surface area contributed by atoms with Gasteiger partial charge in [-0.2, -0.15) is 0 Å². The van der Waals surface area contributed by atoms with Gasteiger partial charge in [-0.15, -0.1) is 0 Å². The van der Waals surface area contributed by atoms with Crippen molar-refractivity contribution in [3.63, 3.8) is 0 Å². The average molecular weight is 451 g/mol. The molecule has 2 amide bonds. The zero-order chi connectivity index (χ0) is 22.3. The molecule has 0 heterocycles. The number of esters is 1. The van der Waals surface area contributed by atoms with Gasteiger partial charge < -0.3 is 15.4 Å². The van der Waals surface area contributed by atoms with Gasteiger partial charge in [0.15, 0.2) is 6.61 Å². The number of nitrogens with one attached hydrogen (secondary N) is 2. The molecule has 1 unspecified atom stereocenters. The van der Waals surface area contributed by atoms with Crippen molar-refractivity contribution in [2.45, 2.75) is 33.2 Å². The topological polar surface area (TPSA) is 84.5 Å². The van der Waals surface area contributed by atoms with Gasteiger partial charge in [0.2, 0.25) is 0 Å². The van der Waals surface area contributed by atoms with E-state index in [-0.39, 0.29) is 5.92 Å². The number of aryl methyl sites for hydroxylation is 1. The van der Waals surface area contributed by atoms with Crippen molar-refractivity contribution in [1.82, 2.24) is 5.32 Å². The third-order valence-corrected chi connectivity index (χ3v) is 4.71. The number of hydrogen-bond acceptors (Lipinski definition) is 4. The van der Waals surface area contributed by atoms with Crippen LogP contribution >= 0.6 is 23.2 Å². The number of rotatable bonds is 8. The SMILES string of the molecule is Cc1ccc(Cl)cc1NC(=O)COC(=O)C(CC(C)C)NC(=O)c1ccc(Cl)cc1. The lowest BCUT2D eigenvalue weighted by Gasteiger charge is -2.19. The normalized spacial score (nSPS) is 11.7. The van der Waals surface area contributed by atoms with Gasteiger partial charge in [-0.25, -0.2) is 4.79 Å². The molecule has 0 fully saturated rings. The Morgan fingerprint density at radius 1 is 1.00 bits per heavy atom. The highest BCUT2D eigenvalue weighted by Crippen LogP contribution is 2.20. The van der Waals surface area contributed by atoms with Gasteiger partial charge in [0.05, 0.1) is 0 Å². The first kappa shape index (κ1) is 23.7. The standard InChI is InChI=1S/C22H24Cl2N2O4/c1-13(2)10-19(26-21(28)15-5-8-16(23)9-6-15)22(29)30-12-20(27)25-18-11-17(24)7-4-14(18)3/h4-9,11,13,19H,10,12H2,1-3H3,(H,25,27)(H,26,28). The minimum absolute atomic E-state index is 0.121. The van der Waals surface area contributed by atoms with E-state index in [0.29, 0.717) is 27.7 Å². The highest BCUT2D eigenvalue weighted by Gasteiger charge is 2.24. The van der Waals surface area contributed by atoms with Crippen molar-refractivity contribution in [2.75, 3.05) is 11.9 Å². The molecule has 0 aliphatic rings. The summed E-state index contributed by atoms with van der Waals surface area (Å²) in [5.41, 5.74) is 1.74. The van der Waals surface area contributed by atoms with Gasteiger partial charge >= 0.3 is 5.97 Å². The van der Waals surface area contributed by atoms with E-state index >= 15 is 0 Å². The van der Waals surface area contributed by atoms with Crippen LogP contribution in [0.4, 0.5) is 5.69 Å². The minimum atomic E-state index is -0.881. The van der Waals surface area contributed by atoms with Gasteiger partial charge in [-0.05, 0) is 61.2 Å². The Morgan fingerprint density at radius 2 is 1.63 bits per heavy atom. The first-order chi connectivity index (χ1) is 14.2. The number of halogens is 2. The molecule has 160 valence electrons. The van der Waals surface area contributed by atoms with Crippen molar-refractivity contribution in [3.05, 3.63) is 63.6 Å². The molecular weight excluding hydrogens is 427 g/mol. The van der Waals surface area contributed by atoms with Crippen LogP contribution in [-0.2, 0) is 14.3 Å². The Balaban J connectivity index is 1.97. The van der Waals surface area contributed by atoms with Crippen LogP contribution < -0.4 is 10.6 Å². The lowest BCUT2D eigenvalue weighted by Crippen LogP contribution is -2.43. The van der Waals surface area contributed by atoms with Crippen LogP contribution in [0.1, 0.15) is 36.2 Å². The Bertz CT molecular complexity index is 914. The van der Waals surface area contributed by atoms with Crippen LogP contribution in [0.2, 0.25) is 10.0 Å². The van der Waals surface area contributed by atoms with Crippen LogP contribution in [0.3, 0.4) is 0 Å². The quantitative estimate of drug-likeness (QED) is 0.574. The zero-order valence-electron chi connectivity index (χ0n) is 17.0. The molecule has 2 N–H and O–H groups in total. The highest BCUT2D eigenvalue weighted by atomic mass is 35.5. The second kappa shape index (κ2) is 11.0. The lowest BCUT2D eigenvalue weighted by atomic mass is 10.0. The number of anilines is 1. The maximum Gasteiger partial charge on any atom is 0.329 e. The van der Waals surface area contributed by atoms with Crippen molar-refractivity contribution < 1.29 is 19.1 Å². The Labute approximate surface area is 185 Å². The average Bonchev–Trinajstić information content (AvgIpc) is 2.68. The van der Waals surface area contributed by atoms with Crippen LogP contribution in [0.5, 0.6) is 0 Å². The summed E-state index contributed by atoms with van der Waals surface area (Å²) in [4.78, 5) is 37.1. The third-order valence-electron chi connectivity index (χ3n) is 4.22. The summed E-state index contributed by atoms with van der Waals surface area (Å²) in [6.45, 7) is 5.19. The molecule has 0 aromatic heterocycles. The Morgan fingerprint density at radius 3 is 2.27 bits per heavy atom. The Hall–Kier alpha value is -2.57. The smallest absolute Gasteiger partial charge is 0.329 e. The fraction of sp³-hybridized carbons (Fsp3) is 0.318. The van der Waals surface area contributed by atoms with Crippen LogP contribution in [0.25, 0.3) is 0 Å². The second-order valence-electron chi connectivity index (χ2n) is 7.28. The van der Waals surface area contributed by atoms with Crippen LogP contribution in [0, 0.1) is 12.8 Å². The molecule has 1 atom stereocenters. The molecule has 0 saturated carbocycles. The molecular formula is C22H24Cl2N2O4. The Kier molecular flexibility index (Phi) is 8.69. The monoisotopic (exact) mass is 450 g/mol. The molecule has 2 aromatic carbocycles. The van der Waals surface area contributed by atoms with Gasteiger partial charge in [0.25, 0.3) is 11.8 Å². The van der Waals surface area contributed by atoms with Crippen LogP contribution in [0.15, 0.2) is 42.5 Å². The molecule has 0 bridgehead atoms. The van der Waals surface area contributed by atoms with E-state index in [9.17, 15) is 14.4 Å². The van der Waals surface area contributed by atoms with E-state index in [1.54, 1.807) is 42.5 Å². The van der Waals surface area contributed by atoms with E-state index in [1.807, 2.05) is 20.8 Å². The predicted molar refractivity (Wildman–Crippen MR) is 118 cm³/mol. The van der Waals surface area contributed by atoms with Gasteiger partial charge in [0, 0.05) is 21.3 Å². The third kappa shape index (κ3) is 7.35. The number of ether oxygens (including phenoxy) is 1. The summed E-state index contributed by atoms with van der Waals surface area (Å²) in [7, 11) is 0. The molecule has 0 radical (unpaired) electrons. The molecule has 0 aliphatic carbocycles. The summed E-state index contributed by atoms with van der Waals surface area (Å²) in [6.07, 6.45) is 0.368. The molecule has 2 aromatic rings. The number of hydrogen-bond donors (Lipinski definition) is 2. The summed E-state index contributed by atoms with van der Waals surface area (Å²) >= 11 is 11.8. The second-order valence-corrected chi connectivity index (χ2v) is 8.15. The van der Waals surface area contributed by atoms with Crippen LogP contribution in [-0.4, -0.2) is 30.4 Å². The first-order valence-corrected chi connectivity index (χ1v) is 10.2. The summed E-state index contributed by atoms with van der Waals surface area (Å²) in [5.74, 6) is -1.48. The summed E-state index contributed by atoms with van der Waals surface area (Å²) in [5, 5.41) is 6.31. The molecule has 0 aliphatic heterocycles. The van der Waals surface area contributed by atoms with Crippen molar-refractivity contribution in [3.8, 4) is 0 Å². The zero-order valence-corrected chi connectivity index (χ0v) is 18.5. The summed E-state index contributed by atoms with van der Waals surface area (Å²) < 4.78 is 5.15. The van der Waals surface area contributed by atoms with E-state index in [1.165, 1.54) is 0 Å². The van der Waals surface area contributed by atoms with Gasteiger partial charge in [-0.3, -0.25) is 9.59 Å². The molecule has 6 nitrogen and oxygen atoms in total. The van der Waals surface area contributed by atoms with Gasteiger partial charge in [-0.1, -0.05) is 43.1 Å². The fourth-order valence-electron chi connectivity index (χ4n) is 2.68. The maximum atomic E-state index is 12.5. The molecule has 0 saturated heterocycles. The fourth-order valence-corrected chi connectivity index (χ4v) is 2.98. The molecule has 8 heteroatoms. The lowest BCUT2D eigenvalue weighted by molar-refractivity contribution is -0.149. The number of carbonyl (C=O) groups excluding carboxylic acids is 3. The van der Waals surface area contributed by atoms with Gasteiger partial charge in [0.1, 0.15) is 6.04 Å². The molecule has 2 rings (SSSR count). The van der Waals surface area contributed by atoms with Crippen molar-refractivity contribution >= 4 is 46.7 Å². The first-order valence-electron chi connectivity index (χ1n) is 9.44. The minimum Gasteiger partial charge on any atom is -0.454 e. The van der Waals surface area contributed by atoms with E-state index < -0.39 is 30.4 Å². The predicted octanol–water partition coefficient (Wildman–Crippen LogP) is 4.63. The van der Waals surface area contributed by atoms with E-state index in [0.717, 1.165) is 5.56 Å². The largest absolute Gasteiger partial charge is 0.454 e. The molecule has 0 spiro atoms. The highest BCUT2D eigenvalue weighted by molar-refractivity contribution is 6.31. The van der Waals surface area contributed by atoms with Crippen molar-refractivity contribution in [2.24, 2.45) is 5.92 Å². The van der Waals surface area contributed by atoms with Crippen molar-refractivity contribution in [1.29, 1.82) is 0 Å².